The van der Waals surface area contributed by atoms with E-state index in [4.69, 9.17) is 4.74 Å². The molecule has 1 N–H and O–H groups in total. The number of hydrogen-bond acceptors (Lipinski definition) is 8. The lowest BCUT2D eigenvalue weighted by Crippen LogP contribution is -2.39. The Kier molecular flexibility index (Phi) is 6.18. The van der Waals surface area contributed by atoms with Gasteiger partial charge < -0.3 is 10.1 Å². The fourth-order valence-corrected chi connectivity index (χ4v) is 4.03. The summed E-state index contributed by atoms with van der Waals surface area (Å²) in [6.07, 6.45) is 5.54. The van der Waals surface area contributed by atoms with Crippen LogP contribution in [0.15, 0.2) is 42.0 Å². The van der Waals surface area contributed by atoms with Crippen LogP contribution in [0.1, 0.15) is 12.8 Å². The zero-order valence-corrected chi connectivity index (χ0v) is 16.9. The molecule has 150 valence electrons. The number of rotatable bonds is 7. The second kappa shape index (κ2) is 9.17. The molecule has 1 saturated heterocycles. The summed E-state index contributed by atoms with van der Waals surface area (Å²) >= 11 is 1.48. The average Bonchev–Trinajstić information content (AvgIpc) is 3.41. The van der Waals surface area contributed by atoms with Crippen LogP contribution < -0.4 is 5.32 Å². The first-order valence-electron chi connectivity index (χ1n) is 9.46. The van der Waals surface area contributed by atoms with Gasteiger partial charge in [0.2, 0.25) is 5.91 Å². The molecule has 0 radical (unpaired) electrons. The number of amides is 1. The molecule has 8 nitrogen and oxygen atoms in total. The van der Waals surface area contributed by atoms with Crippen LogP contribution in [-0.2, 0) is 9.53 Å². The van der Waals surface area contributed by atoms with Crippen molar-refractivity contribution in [3.05, 3.63) is 42.0 Å². The molecule has 0 saturated carbocycles. The van der Waals surface area contributed by atoms with Gasteiger partial charge in [-0.05, 0) is 31.5 Å². The van der Waals surface area contributed by atoms with Crippen molar-refractivity contribution < 1.29 is 9.53 Å². The molecule has 1 atom stereocenters. The van der Waals surface area contributed by atoms with Gasteiger partial charge in [-0.3, -0.25) is 14.7 Å². The third kappa shape index (κ3) is 4.81. The molecule has 0 aliphatic carbocycles. The van der Waals surface area contributed by atoms with E-state index in [2.05, 4.69) is 30.2 Å². The minimum Gasteiger partial charge on any atom is -0.383 e. The number of ether oxygens (including phenoxy) is 1. The highest BCUT2D eigenvalue weighted by Crippen LogP contribution is 2.25. The van der Waals surface area contributed by atoms with Crippen molar-refractivity contribution >= 4 is 23.1 Å². The Morgan fingerprint density at radius 2 is 2.21 bits per heavy atom. The molecule has 4 rings (SSSR count). The van der Waals surface area contributed by atoms with E-state index in [0.29, 0.717) is 36.2 Å². The van der Waals surface area contributed by atoms with Gasteiger partial charge in [0.15, 0.2) is 5.82 Å². The second-order valence-corrected chi connectivity index (χ2v) is 7.68. The van der Waals surface area contributed by atoms with E-state index in [1.165, 1.54) is 11.3 Å². The van der Waals surface area contributed by atoms with Crippen LogP contribution in [0, 0.1) is 0 Å². The van der Waals surface area contributed by atoms with Crippen LogP contribution in [-0.4, -0.2) is 63.6 Å². The Bertz CT molecular complexity index is 951. The number of hydrogen-bond donors (Lipinski definition) is 1. The molecule has 1 aliphatic rings. The maximum Gasteiger partial charge on any atom is 0.239 e. The second-order valence-electron chi connectivity index (χ2n) is 6.78. The predicted octanol–water partition coefficient (Wildman–Crippen LogP) is 2.71. The number of aromatic nitrogens is 4. The zero-order valence-electron chi connectivity index (χ0n) is 16.1. The summed E-state index contributed by atoms with van der Waals surface area (Å²) in [6, 6.07) is 7.59. The number of nitrogens with zero attached hydrogens (tertiary/aromatic N) is 5. The van der Waals surface area contributed by atoms with Crippen LogP contribution in [0.25, 0.3) is 22.2 Å². The maximum atomic E-state index is 12.7. The normalized spacial score (nSPS) is 16.8. The Labute approximate surface area is 173 Å². The summed E-state index contributed by atoms with van der Waals surface area (Å²) in [7, 11) is 1.69. The van der Waals surface area contributed by atoms with E-state index < -0.39 is 0 Å². The highest BCUT2D eigenvalue weighted by Gasteiger charge is 2.26. The number of methoxy groups -OCH3 is 1. The molecule has 9 heteroatoms. The smallest absolute Gasteiger partial charge is 0.239 e. The summed E-state index contributed by atoms with van der Waals surface area (Å²) in [5.74, 6) is 0.786. The first kappa shape index (κ1) is 19.6. The molecule has 3 aromatic heterocycles. The van der Waals surface area contributed by atoms with Gasteiger partial charge >= 0.3 is 0 Å². The number of likely N-dealkylation sites (tertiary alicyclic amines) is 1. The number of anilines is 1. The Balaban J connectivity index is 1.56. The number of carbonyl (C=O) groups is 1. The summed E-state index contributed by atoms with van der Waals surface area (Å²) in [6.45, 7) is 1.84. The largest absolute Gasteiger partial charge is 0.383 e. The molecular formula is C20H22N6O2S. The summed E-state index contributed by atoms with van der Waals surface area (Å²) in [5.41, 5.74) is 1.30. The average molecular weight is 411 g/mol. The predicted molar refractivity (Wildman–Crippen MR) is 111 cm³/mol. The van der Waals surface area contributed by atoms with Gasteiger partial charge in [0, 0.05) is 37.0 Å². The monoisotopic (exact) mass is 410 g/mol. The van der Waals surface area contributed by atoms with E-state index in [1.54, 1.807) is 25.6 Å². The lowest BCUT2D eigenvalue weighted by molar-refractivity contribution is -0.117. The van der Waals surface area contributed by atoms with Crippen molar-refractivity contribution in [2.75, 3.05) is 32.1 Å². The third-order valence-corrected chi connectivity index (χ3v) is 5.54. The van der Waals surface area contributed by atoms with E-state index in [0.717, 1.165) is 24.4 Å². The van der Waals surface area contributed by atoms with Crippen molar-refractivity contribution in [3.8, 4) is 22.2 Å². The van der Waals surface area contributed by atoms with Gasteiger partial charge in [-0.2, -0.15) is 0 Å². The molecule has 0 spiro atoms. The van der Waals surface area contributed by atoms with Gasteiger partial charge in [0.25, 0.3) is 0 Å². The van der Waals surface area contributed by atoms with Gasteiger partial charge in [-0.1, -0.05) is 6.07 Å². The highest BCUT2D eigenvalue weighted by atomic mass is 32.1. The van der Waals surface area contributed by atoms with Crippen LogP contribution in [0.4, 0.5) is 5.82 Å². The quantitative estimate of drug-likeness (QED) is 0.640. The van der Waals surface area contributed by atoms with Gasteiger partial charge in [-0.25, -0.2) is 15.0 Å². The minimum absolute atomic E-state index is 0.108. The standard InChI is InChI=1S/C20H22N6O2S/c1-28-13-14-5-4-9-26(14)12-18(27)24-17-11-16(20-22-8-10-29-20)23-19(25-17)15-6-2-3-7-21-15/h2-3,6-8,10-11,14H,4-5,9,12-13H2,1H3,(H,23,24,25,27). The van der Waals surface area contributed by atoms with E-state index >= 15 is 0 Å². The van der Waals surface area contributed by atoms with E-state index in [-0.39, 0.29) is 11.9 Å². The van der Waals surface area contributed by atoms with Crippen LogP contribution in [0.2, 0.25) is 0 Å². The van der Waals surface area contributed by atoms with E-state index in [9.17, 15) is 4.79 Å². The molecule has 3 aromatic rings. The molecule has 1 unspecified atom stereocenters. The van der Waals surface area contributed by atoms with Crippen molar-refractivity contribution in [3.63, 3.8) is 0 Å². The van der Waals surface area contributed by atoms with Crippen molar-refractivity contribution in [2.24, 2.45) is 0 Å². The molecular weight excluding hydrogens is 388 g/mol. The Morgan fingerprint density at radius 3 is 2.97 bits per heavy atom. The number of thiazole rings is 1. The number of pyridine rings is 1. The molecule has 4 heterocycles. The number of carbonyl (C=O) groups excluding carboxylic acids is 1. The zero-order chi connectivity index (χ0) is 20.1. The molecule has 0 aromatic carbocycles. The fraction of sp³-hybridized carbons (Fsp3) is 0.350. The van der Waals surface area contributed by atoms with Crippen LogP contribution in [0.3, 0.4) is 0 Å². The summed E-state index contributed by atoms with van der Waals surface area (Å²) in [5, 5.41) is 5.57. The van der Waals surface area contributed by atoms with Gasteiger partial charge in [0.1, 0.15) is 22.2 Å². The van der Waals surface area contributed by atoms with Gasteiger partial charge in [0.05, 0.1) is 13.2 Å². The first-order chi connectivity index (χ1) is 14.2. The molecule has 1 amide bonds. The first-order valence-corrected chi connectivity index (χ1v) is 10.3. The topological polar surface area (TPSA) is 93.1 Å². The lowest BCUT2D eigenvalue weighted by Gasteiger charge is -2.22. The van der Waals surface area contributed by atoms with Gasteiger partial charge in [-0.15, -0.1) is 11.3 Å². The van der Waals surface area contributed by atoms with Crippen molar-refractivity contribution in [1.29, 1.82) is 0 Å². The van der Waals surface area contributed by atoms with E-state index in [1.807, 2.05) is 23.6 Å². The van der Waals surface area contributed by atoms with Crippen LogP contribution >= 0.6 is 11.3 Å². The molecule has 29 heavy (non-hydrogen) atoms. The molecule has 1 fully saturated rings. The van der Waals surface area contributed by atoms with Crippen LogP contribution in [0.5, 0.6) is 0 Å². The summed E-state index contributed by atoms with van der Waals surface area (Å²) in [4.78, 5) is 32.6. The maximum absolute atomic E-state index is 12.7. The molecule has 1 aliphatic heterocycles. The number of nitrogens with one attached hydrogen (secondary N) is 1. The van der Waals surface area contributed by atoms with Crippen molar-refractivity contribution in [2.45, 2.75) is 18.9 Å². The Hall–Kier alpha value is -2.75. The fourth-order valence-electron chi connectivity index (χ4n) is 3.43. The summed E-state index contributed by atoms with van der Waals surface area (Å²) < 4.78 is 5.27. The SMILES string of the molecule is COCC1CCCN1CC(=O)Nc1cc(-c2nccs2)nc(-c2ccccn2)n1. The lowest BCUT2D eigenvalue weighted by atomic mass is 10.2. The molecule has 0 bridgehead atoms. The Morgan fingerprint density at radius 1 is 1.28 bits per heavy atom. The van der Waals surface area contributed by atoms with Crippen molar-refractivity contribution in [1.82, 2.24) is 24.8 Å². The third-order valence-electron chi connectivity index (χ3n) is 4.74. The minimum atomic E-state index is -0.108. The highest BCUT2D eigenvalue weighted by molar-refractivity contribution is 7.13.